The maximum absolute atomic E-state index is 11.8. The molecule has 3 rings (SSSR count). The van der Waals surface area contributed by atoms with E-state index in [1.54, 1.807) is 30.5 Å². The number of amides is 2. The Labute approximate surface area is 133 Å². The summed E-state index contributed by atoms with van der Waals surface area (Å²) in [7, 11) is 0. The molecule has 0 spiro atoms. The molecule has 2 aromatic rings. The molecular weight excluding hydrogens is 324 g/mol. The Balaban J connectivity index is 1.86. The Morgan fingerprint density at radius 3 is 2.64 bits per heavy atom. The zero-order chi connectivity index (χ0) is 15.7. The Morgan fingerprint density at radius 1 is 1.41 bits per heavy atom. The van der Waals surface area contributed by atoms with E-state index in [1.807, 2.05) is 0 Å². The number of thiazole rings is 1. The zero-order valence-corrected chi connectivity index (χ0v) is 13.1. The molecule has 1 heterocycles. The van der Waals surface area contributed by atoms with Crippen LogP contribution in [0.4, 0.5) is 21.3 Å². The highest BCUT2D eigenvalue weighted by Crippen LogP contribution is 2.44. The van der Waals surface area contributed by atoms with Crippen molar-refractivity contribution in [2.45, 2.75) is 18.8 Å². The van der Waals surface area contributed by atoms with Gasteiger partial charge >= 0.3 is 6.03 Å². The number of primary amides is 1. The summed E-state index contributed by atoms with van der Waals surface area (Å²) < 4.78 is 21.8. The Morgan fingerprint density at radius 2 is 2.09 bits per heavy atom. The lowest BCUT2D eigenvalue weighted by Crippen LogP contribution is -2.31. The minimum Gasteiger partial charge on any atom is -0.351 e. The van der Waals surface area contributed by atoms with Gasteiger partial charge in [-0.1, -0.05) is 0 Å². The fraction of sp³-hybridized carbons (Fsp3) is 0.231. The van der Waals surface area contributed by atoms with Crippen molar-refractivity contribution in [2.24, 2.45) is 5.73 Å². The van der Waals surface area contributed by atoms with Crippen molar-refractivity contribution in [1.82, 2.24) is 4.98 Å². The third kappa shape index (κ3) is 3.26. The number of urea groups is 1. The van der Waals surface area contributed by atoms with E-state index in [4.69, 9.17) is 10.3 Å². The smallest absolute Gasteiger partial charge is 0.325 e. The van der Waals surface area contributed by atoms with Crippen molar-refractivity contribution >= 4 is 45.1 Å². The third-order valence-corrected chi connectivity index (χ3v) is 4.79. The minimum atomic E-state index is -2.14. The van der Waals surface area contributed by atoms with Gasteiger partial charge in [-0.15, -0.1) is 11.3 Å². The molecule has 4 N–H and O–H groups in total. The van der Waals surface area contributed by atoms with Crippen LogP contribution in [0.3, 0.4) is 0 Å². The predicted molar refractivity (Wildman–Crippen MR) is 86.6 cm³/mol. The fourth-order valence-corrected chi connectivity index (χ4v) is 3.50. The van der Waals surface area contributed by atoms with Crippen molar-refractivity contribution in [3.63, 3.8) is 0 Å². The van der Waals surface area contributed by atoms with Crippen LogP contribution in [0.5, 0.6) is 0 Å². The van der Waals surface area contributed by atoms with E-state index >= 15 is 0 Å². The molecule has 9 heteroatoms. The lowest BCUT2D eigenvalue weighted by Gasteiger charge is -2.17. The quantitative estimate of drug-likeness (QED) is 0.728. The first-order valence-corrected chi connectivity index (χ1v) is 8.50. The van der Waals surface area contributed by atoms with E-state index in [2.05, 4.69) is 9.71 Å². The molecule has 22 heavy (non-hydrogen) atoms. The highest BCUT2D eigenvalue weighted by atomic mass is 32.2. The lowest BCUT2D eigenvalue weighted by atomic mass is 10.3. The predicted octanol–water partition coefficient (Wildman–Crippen LogP) is 2.79. The Hall–Kier alpha value is -1.97. The summed E-state index contributed by atoms with van der Waals surface area (Å²) in [5, 5.41) is 0.529. The molecule has 1 aromatic carbocycles. The molecule has 0 saturated heterocycles. The lowest BCUT2D eigenvalue weighted by molar-refractivity contribution is 0.256. The first kappa shape index (κ1) is 14.9. The Kier molecular flexibility index (Phi) is 4.10. The van der Waals surface area contributed by atoms with Crippen molar-refractivity contribution in [1.29, 1.82) is 0 Å². The van der Waals surface area contributed by atoms with Crippen molar-refractivity contribution in [3.8, 4) is 0 Å². The molecule has 0 aliphatic heterocycles. The molecule has 1 fully saturated rings. The number of hydrogen-bond donors (Lipinski definition) is 3. The number of nitrogens with one attached hydrogen (secondary N) is 1. The molecule has 0 bridgehead atoms. The van der Waals surface area contributed by atoms with Crippen LogP contribution in [-0.4, -0.2) is 19.8 Å². The van der Waals surface area contributed by atoms with Crippen LogP contribution in [0.25, 0.3) is 0 Å². The van der Waals surface area contributed by atoms with Gasteiger partial charge in [0.05, 0.1) is 5.69 Å². The number of carbonyl (C=O) groups is 1. The normalized spacial score (nSPS) is 15.3. The zero-order valence-electron chi connectivity index (χ0n) is 11.4. The van der Waals surface area contributed by atoms with Gasteiger partial charge in [0, 0.05) is 16.8 Å². The summed E-state index contributed by atoms with van der Waals surface area (Å²) in [6.07, 6.45) is 4.12. The highest BCUT2D eigenvalue weighted by Gasteiger charge is 2.27. The average Bonchev–Trinajstić information content (AvgIpc) is 3.20. The molecule has 1 aromatic heterocycles. The average molecular weight is 338 g/mol. The summed E-state index contributed by atoms with van der Waals surface area (Å²) in [4.78, 5) is 18.5. The van der Waals surface area contributed by atoms with E-state index in [0.29, 0.717) is 22.4 Å². The van der Waals surface area contributed by atoms with Gasteiger partial charge in [-0.2, -0.15) is 0 Å². The summed E-state index contributed by atoms with van der Waals surface area (Å²) in [6, 6.07) is 5.84. The second kappa shape index (κ2) is 6.03. The van der Waals surface area contributed by atoms with Gasteiger partial charge in [-0.3, -0.25) is 9.27 Å². The molecule has 1 unspecified atom stereocenters. The molecule has 116 valence electrons. The molecule has 1 saturated carbocycles. The van der Waals surface area contributed by atoms with E-state index in [0.717, 1.165) is 17.7 Å². The Bertz CT molecular complexity index is 712. The van der Waals surface area contributed by atoms with Crippen LogP contribution in [0, 0.1) is 0 Å². The second-order valence-electron chi connectivity index (χ2n) is 4.89. The summed E-state index contributed by atoms with van der Waals surface area (Å²) in [5.74, 6) is 0.562. The topological polar surface area (TPSA) is 109 Å². The van der Waals surface area contributed by atoms with Gasteiger partial charge in [0.2, 0.25) is 0 Å². The number of rotatable bonds is 5. The van der Waals surface area contributed by atoms with E-state index in [9.17, 15) is 9.00 Å². The number of anilines is 3. The molecule has 1 aliphatic carbocycles. The maximum Gasteiger partial charge on any atom is 0.325 e. The van der Waals surface area contributed by atoms with E-state index in [-0.39, 0.29) is 0 Å². The number of hydrogen-bond acceptors (Lipinski definition) is 4. The van der Waals surface area contributed by atoms with E-state index < -0.39 is 17.3 Å². The first-order valence-electron chi connectivity index (χ1n) is 6.57. The number of carbonyl (C=O) groups excluding carboxylic acids is 1. The summed E-state index contributed by atoms with van der Waals surface area (Å²) in [6.45, 7) is 0. The van der Waals surface area contributed by atoms with Crippen molar-refractivity contribution in [2.75, 3.05) is 9.62 Å². The SMILES string of the molecule is NC(=O)N(c1ccc(NS(=O)O)cc1)c1ncc(C2CC2)s1. The summed E-state index contributed by atoms with van der Waals surface area (Å²) >= 11 is -0.680. The molecule has 1 aliphatic rings. The fourth-order valence-electron chi connectivity index (χ4n) is 2.05. The van der Waals surface area contributed by atoms with Crippen LogP contribution >= 0.6 is 11.3 Å². The van der Waals surface area contributed by atoms with Gasteiger partial charge in [-0.25, -0.2) is 18.9 Å². The first-order chi connectivity index (χ1) is 10.5. The van der Waals surface area contributed by atoms with Gasteiger partial charge in [0.15, 0.2) is 5.13 Å². The molecule has 1 atom stereocenters. The third-order valence-electron chi connectivity index (χ3n) is 3.23. The number of nitrogens with zero attached hydrogens (tertiary/aromatic N) is 2. The van der Waals surface area contributed by atoms with Crippen LogP contribution in [0.1, 0.15) is 23.6 Å². The van der Waals surface area contributed by atoms with Crippen molar-refractivity contribution < 1.29 is 13.6 Å². The van der Waals surface area contributed by atoms with Crippen LogP contribution in [0.2, 0.25) is 0 Å². The van der Waals surface area contributed by atoms with E-state index in [1.165, 1.54) is 16.2 Å². The minimum absolute atomic E-state index is 0.465. The highest BCUT2D eigenvalue weighted by molar-refractivity contribution is 7.80. The van der Waals surface area contributed by atoms with Crippen LogP contribution < -0.4 is 15.4 Å². The van der Waals surface area contributed by atoms with Crippen LogP contribution in [-0.2, 0) is 11.3 Å². The van der Waals surface area contributed by atoms with Gasteiger partial charge in [0.25, 0.3) is 11.3 Å². The number of aromatic nitrogens is 1. The molecular formula is C13H14N4O3S2. The standard InChI is InChI=1S/C13H14N4O3S2/c14-12(18)17(13-15-7-11(21-13)8-1-2-8)10-5-3-9(4-6-10)16-22(19)20/h3-8,16H,1-2H2,(H2,14,18)(H,19,20). The van der Waals surface area contributed by atoms with Crippen molar-refractivity contribution in [3.05, 3.63) is 35.3 Å². The van der Waals surface area contributed by atoms with Crippen LogP contribution in [0.15, 0.2) is 30.5 Å². The monoisotopic (exact) mass is 338 g/mol. The van der Waals surface area contributed by atoms with Gasteiger partial charge < -0.3 is 5.73 Å². The number of nitrogens with two attached hydrogens (primary N) is 1. The molecule has 7 nitrogen and oxygen atoms in total. The molecule has 2 amide bonds. The summed E-state index contributed by atoms with van der Waals surface area (Å²) in [5.41, 5.74) is 6.49. The number of benzene rings is 1. The van der Waals surface area contributed by atoms with Gasteiger partial charge in [-0.05, 0) is 43.0 Å². The van der Waals surface area contributed by atoms with Gasteiger partial charge in [0.1, 0.15) is 0 Å². The largest absolute Gasteiger partial charge is 0.351 e. The second-order valence-corrected chi connectivity index (χ2v) is 6.63. The molecule has 0 radical (unpaired) electrons. The maximum atomic E-state index is 11.8.